The summed E-state index contributed by atoms with van der Waals surface area (Å²) in [6, 6.07) is 14.3. The number of hydrogen-bond donors (Lipinski definition) is 1. The van der Waals surface area contributed by atoms with Crippen molar-refractivity contribution in [1.82, 2.24) is 4.90 Å². The molecule has 0 heterocycles. The summed E-state index contributed by atoms with van der Waals surface area (Å²) in [6.45, 7) is 5.64. The number of nitrogens with zero attached hydrogens (tertiary/aromatic N) is 1. The molecule has 2 aromatic rings. The molecule has 1 N–H and O–H groups in total. The number of carbonyl (C=O) groups excluding carboxylic acids is 1. The third kappa shape index (κ3) is 5.49. The molecule has 0 bridgehead atoms. The zero-order valence-corrected chi connectivity index (χ0v) is 13.7. The summed E-state index contributed by atoms with van der Waals surface area (Å²) >= 11 is 0. The topological polar surface area (TPSA) is 32.3 Å². The van der Waals surface area contributed by atoms with E-state index in [1.807, 2.05) is 42.2 Å². The van der Waals surface area contributed by atoms with Gasteiger partial charge in [0.1, 0.15) is 5.82 Å². The van der Waals surface area contributed by atoms with Gasteiger partial charge in [0.15, 0.2) is 0 Å². The van der Waals surface area contributed by atoms with Crippen molar-refractivity contribution in [1.29, 1.82) is 0 Å². The first-order chi connectivity index (χ1) is 11.1. The first-order valence-electron chi connectivity index (χ1n) is 7.96. The lowest BCUT2D eigenvalue weighted by atomic mass is 10.1. The van der Waals surface area contributed by atoms with Crippen LogP contribution < -0.4 is 5.32 Å². The Morgan fingerprint density at radius 3 is 2.43 bits per heavy atom. The van der Waals surface area contributed by atoms with Crippen molar-refractivity contribution in [3.63, 3.8) is 0 Å². The molecule has 0 unspecified atom stereocenters. The molecule has 2 aromatic carbocycles. The Morgan fingerprint density at radius 1 is 1.09 bits per heavy atom. The van der Waals surface area contributed by atoms with Crippen molar-refractivity contribution in [2.75, 3.05) is 18.4 Å². The van der Waals surface area contributed by atoms with E-state index in [9.17, 15) is 9.18 Å². The predicted molar refractivity (Wildman–Crippen MR) is 91.8 cm³/mol. The highest BCUT2D eigenvalue weighted by molar-refractivity contribution is 5.92. The number of benzene rings is 2. The fraction of sp³-hybridized carbons (Fsp3) is 0.316. The van der Waals surface area contributed by atoms with Gasteiger partial charge in [-0.25, -0.2) is 4.39 Å². The predicted octanol–water partition coefficient (Wildman–Crippen LogP) is 3.85. The van der Waals surface area contributed by atoms with Crippen LogP contribution in [-0.4, -0.2) is 23.9 Å². The second-order valence-corrected chi connectivity index (χ2v) is 5.53. The van der Waals surface area contributed by atoms with E-state index in [1.54, 1.807) is 6.07 Å². The summed E-state index contributed by atoms with van der Waals surface area (Å²) in [5, 5.41) is 2.90. The van der Waals surface area contributed by atoms with Gasteiger partial charge in [0, 0.05) is 12.2 Å². The minimum Gasteiger partial charge on any atom is -0.325 e. The molecule has 0 saturated carbocycles. The van der Waals surface area contributed by atoms with Crippen LogP contribution >= 0.6 is 0 Å². The number of hydrogen-bond acceptors (Lipinski definition) is 2. The average molecular weight is 314 g/mol. The molecule has 0 spiro atoms. The standard InChI is InChI=1S/C19H23FN2O/c1-3-15-8-10-18(11-9-15)21-19(23)14-22(4-2)13-16-6-5-7-17(20)12-16/h5-12H,3-4,13-14H2,1-2H3,(H,21,23). The van der Waals surface area contributed by atoms with Gasteiger partial charge in [0.25, 0.3) is 0 Å². The van der Waals surface area contributed by atoms with Gasteiger partial charge in [-0.3, -0.25) is 9.69 Å². The number of amides is 1. The van der Waals surface area contributed by atoms with Gasteiger partial charge in [-0.1, -0.05) is 38.1 Å². The monoisotopic (exact) mass is 314 g/mol. The summed E-state index contributed by atoms with van der Waals surface area (Å²) in [4.78, 5) is 14.1. The molecule has 122 valence electrons. The van der Waals surface area contributed by atoms with Crippen molar-refractivity contribution in [2.24, 2.45) is 0 Å². The summed E-state index contributed by atoms with van der Waals surface area (Å²) < 4.78 is 13.2. The highest BCUT2D eigenvalue weighted by atomic mass is 19.1. The maximum Gasteiger partial charge on any atom is 0.238 e. The fourth-order valence-corrected chi connectivity index (χ4v) is 2.40. The van der Waals surface area contributed by atoms with E-state index in [4.69, 9.17) is 0 Å². The second kappa shape index (κ2) is 8.44. The summed E-state index contributed by atoms with van der Waals surface area (Å²) in [7, 11) is 0. The molecule has 1 amide bonds. The molecule has 2 rings (SSSR count). The molecule has 0 aliphatic carbocycles. The van der Waals surface area contributed by atoms with Gasteiger partial charge >= 0.3 is 0 Å². The minimum atomic E-state index is -0.251. The number of anilines is 1. The van der Waals surface area contributed by atoms with Gasteiger partial charge in [-0.15, -0.1) is 0 Å². The third-order valence-corrected chi connectivity index (χ3v) is 3.76. The average Bonchev–Trinajstić information content (AvgIpc) is 2.55. The number of halogens is 1. The van der Waals surface area contributed by atoms with Gasteiger partial charge < -0.3 is 5.32 Å². The third-order valence-electron chi connectivity index (χ3n) is 3.76. The molecule has 0 aromatic heterocycles. The van der Waals surface area contributed by atoms with Gasteiger partial charge in [0.05, 0.1) is 6.54 Å². The Balaban J connectivity index is 1.91. The van der Waals surface area contributed by atoms with E-state index in [-0.39, 0.29) is 18.3 Å². The molecule has 4 heteroatoms. The molecule has 0 fully saturated rings. The Bertz CT molecular complexity index is 640. The quantitative estimate of drug-likeness (QED) is 0.842. The van der Waals surface area contributed by atoms with Crippen molar-refractivity contribution in [2.45, 2.75) is 26.8 Å². The molecule has 3 nitrogen and oxygen atoms in total. The summed E-state index contributed by atoms with van der Waals surface area (Å²) in [6.07, 6.45) is 0.978. The number of rotatable bonds is 7. The maximum absolute atomic E-state index is 13.2. The van der Waals surface area contributed by atoms with E-state index in [1.165, 1.54) is 17.7 Å². The number of carbonyl (C=O) groups is 1. The van der Waals surface area contributed by atoms with Crippen LogP contribution in [0.2, 0.25) is 0 Å². The number of nitrogens with one attached hydrogen (secondary N) is 1. The van der Waals surface area contributed by atoms with Crippen LogP contribution in [0.15, 0.2) is 48.5 Å². The first-order valence-corrected chi connectivity index (χ1v) is 7.96. The molecule has 0 radical (unpaired) electrons. The Morgan fingerprint density at radius 2 is 1.83 bits per heavy atom. The second-order valence-electron chi connectivity index (χ2n) is 5.53. The van der Waals surface area contributed by atoms with Crippen molar-refractivity contribution < 1.29 is 9.18 Å². The van der Waals surface area contributed by atoms with Crippen molar-refractivity contribution in [3.8, 4) is 0 Å². The van der Waals surface area contributed by atoms with Crippen molar-refractivity contribution in [3.05, 3.63) is 65.5 Å². The molecule has 0 atom stereocenters. The first kappa shape index (κ1) is 17.2. The zero-order valence-electron chi connectivity index (χ0n) is 13.7. The maximum atomic E-state index is 13.2. The normalized spacial score (nSPS) is 10.8. The molecule has 0 saturated heterocycles. The molecular formula is C19H23FN2O. The van der Waals surface area contributed by atoms with Crippen LogP contribution in [0, 0.1) is 5.82 Å². The van der Waals surface area contributed by atoms with E-state index in [0.717, 1.165) is 24.2 Å². The fourth-order valence-electron chi connectivity index (χ4n) is 2.40. The lowest BCUT2D eigenvalue weighted by molar-refractivity contribution is -0.117. The Kier molecular flexibility index (Phi) is 6.29. The molecular weight excluding hydrogens is 291 g/mol. The Hall–Kier alpha value is -2.20. The summed E-state index contributed by atoms with van der Waals surface area (Å²) in [5.41, 5.74) is 2.91. The van der Waals surface area contributed by atoms with Gasteiger partial charge in [-0.2, -0.15) is 0 Å². The Labute approximate surface area is 137 Å². The van der Waals surface area contributed by atoms with E-state index < -0.39 is 0 Å². The zero-order chi connectivity index (χ0) is 16.7. The highest BCUT2D eigenvalue weighted by Gasteiger charge is 2.10. The number of likely N-dealkylation sites (N-methyl/N-ethyl adjacent to an activating group) is 1. The lowest BCUT2D eigenvalue weighted by Crippen LogP contribution is -2.32. The lowest BCUT2D eigenvalue weighted by Gasteiger charge is -2.20. The van der Waals surface area contributed by atoms with Crippen LogP contribution in [0.1, 0.15) is 25.0 Å². The van der Waals surface area contributed by atoms with Gasteiger partial charge in [-0.05, 0) is 48.4 Å². The number of aryl methyl sites for hydroxylation is 1. The minimum absolute atomic E-state index is 0.0625. The molecule has 0 aliphatic heterocycles. The van der Waals surface area contributed by atoms with Crippen LogP contribution in [0.4, 0.5) is 10.1 Å². The van der Waals surface area contributed by atoms with Crippen LogP contribution in [0.3, 0.4) is 0 Å². The largest absolute Gasteiger partial charge is 0.325 e. The highest BCUT2D eigenvalue weighted by Crippen LogP contribution is 2.11. The van der Waals surface area contributed by atoms with Gasteiger partial charge in [0.2, 0.25) is 5.91 Å². The summed E-state index contributed by atoms with van der Waals surface area (Å²) in [5.74, 6) is -0.313. The molecule has 23 heavy (non-hydrogen) atoms. The molecule has 0 aliphatic rings. The van der Waals surface area contributed by atoms with Crippen LogP contribution in [0.5, 0.6) is 0 Å². The van der Waals surface area contributed by atoms with Crippen LogP contribution in [-0.2, 0) is 17.8 Å². The van der Waals surface area contributed by atoms with E-state index >= 15 is 0 Å². The SMILES string of the molecule is CCc1ccc(NC(=O)CN(CC)Cc2cccc(F)c2)cc1. The van der Waals surface area contributed by atoms with E-state index in [2.05, 4.69) is 12.2 Å². The van der Waals surface area contributed by atoms with E-state index in [0.29, 0.717) is 6.54 Å². The smallest absolute Gasteiger partial charge is 0.238 e. The van der Waals surface area contributed by atoms with Crippen molar-refractivity contribution >= 4 is 11.6 Å². The van der Waals surface area contributed by atoms with Crippen LogP contribution in [0.25, 0.3) is 0 Å².